The molecule has 2 atom stereocenters. The van der Waals surface area contributed by atoms with Crippen molar-refractivity contribution >= 4 is 5.97 Å². The largest absolute Gasteiger partial charge is 0.481 e. The number of hydrogen-bond acceptors (Lipinski definition) is 1. The molecule has 1 aromatic carbocycles. The summed E-state index contributed by atoms with van der Waals surface area (Å²) >= 11 is 0. The summed E-state index contributed by atoms with van der Waals surface area (Å²) in [5, 5.41) is 9.67. The second kappa shape index (κ2) is 5.77. The van der Waals surface area contributed by atoms with Crippen LogP contribution in [0, 0.1) is 5.41 Å². The predicted molar refractivity (Wildman–Crippen MR) is 77.4 cm³/mol. The van der Waals surface area contributed by atoms with E-state index in [4.69, 9.17) is 0 Å². The molecule has 0 amide bonds. The smallest absolute Gasteiger partial charge is 0.309 e. The molecule has 0 spiro atoms. The van der Waals surface area contributed by atoms with Gasteiger partial charge in [0, 0.05) is 0 Å². The maximum absolute atomic E-state index is 11.7. The summed E-state index contributed by atoms with van der Waals surface area (Å²) < 4.78 is 0. The topological polar surface area (TPSA) is 37.3 Å². The fourth-order valence-corrected chi connectivity index (χ4v) is 3.30. The number of aliphatic carboxylic acids is 1. The van der Waals surface area contributed by atoms with Crippen LogP contribution < -0.4 is 0 Å². The monoisotopic (exact) mass is 260 g/mol. The van der Waals surface area contributed by atoms with E-state index >= 15 is 0 Å². The van der Waals surface area contributed by atoms with Crippen molar-refractivity contribution in [3.8, 4) is 0 Å². The van der Waals surface area contributed by atoms with Crippen molar-refractivity contribution in [2.24, 2.45) is 5.41 Å². The Kier molecular flexibility index (Phi) is 4.28. The quantitative estimate of drug-likeness (QED) is 0.789. The number of benzene rings is 1. The van der Waals surface area contributed by atoms with Crippen LogP contribution in [0.5, 0.6) is 0 Å². The summed E-state index contributed by atoms with van der Waals surface area (Å²) in [6, 6.07) is 8.44. The van der Waals surface area contributed by atoms with Gasteiger partial charge in [0.05, 0.1) is 5.41 Å². The van der Waals surface area contributed by atoms with E-state index in [1.165, 1.54) is 11.1 Å². The van der Waals surface area contributed by atoms with Gasteiger partial charge in [-0.3, -0.25) is 4.79 Å². The van der Waals surface area contributed by atoms with Crippen molar-refractivity contribution in [1.29, 1.82) is 0 Å². The molecule has 19 heavy (non-hydrogen) atoms. The lowest BCUT2D eigenvalue weighted by atomic mass is 9.66. The zero-order chi connectivity index (χ0) is 13.9. The Bertz CT molecular complexity index is 452. The van der Waals surface area contributed by atoms with Crippen molar-refractivity contribution in [1.82, 2.24) is 0 Å². The van der Waals surface area contributed by atoms with Crippen molar-refractivity contribution in [2.75, 3.05) is 0 Å². The third kappa shape index (κ3) is 2.68. The van der Waals surface area contributed by atoms with Crippen LogP contribution in [0.25, 0.3) is 0 Å². The van der Waals surface area contributed by atoms with Gasteiger partial charge in [-0.05, 0) is 42.7 Å². The maximum atomic E-state index is 11.7. The molecule has 2 nitrogen and oxygen atoms in total. The first-order valence-corrected chi connectivity index (χ1v) is 7.44. The van der Waals surface area contributed by atoms with Gasteiger partial charge in [0.15, 0.2) is 0 Å². The van der Waals surface area contributed by atoms with Gasteiger partial charge in [-0.2, -0.15) is 0 Å². The van der Waals surface area contributed by atoms with Crippen LogP contribution in [0.1, 0.15) is 63.0 Å². The number of rotatable bonds is 7. The molecule has 0 fully saturated rings. The summed E-state index contributed by atoms with van der Waals surface area (Å²) in [6.07, 6.45) is 5.48. The first-order chi connectivity index (χ1) is 9.13. The summed E-state index contributed by atoms with van der Waals surface area (Å²) in [4.78, 5) is 11.7. The van der Waals surface area contributed by atoms with E-state index in [2.05, 4.69) is 31.2 Å². The van der Waals surface area contributed by atoms with Gasteiger partial charge in [-0.15, -0.1) is 0 Å². The molecule has 2 heteroatoms. The molecule has 1 aromatic rings. The predicted octanol–water partition coefficient (Wildman–Crippen LogP) is 4.39. The molecule has 1 aliphatic rings. The van der Waals surface area contributed by atoms with Crippen LogP contribution in [-0.2, 0) is 11.2 Å². The van der Waals surface area contributed by atoms with E-state index in [0.717, 1.165) is 38.5 Å². The highest BCUT2D eigenvalue weighted by atomic mass is 16.4. The number of unbranched alkanes of at least 4 members (excludes halogenated alkanes) is 1. The first-order valence-electron chi connectivity index (χ1n) is 7.44. The molecule has 0 saturated heterocycles. The second-order valence-corrected chi connectivity index (χ2v) is 5.85. The normalized spacial score (nSPS) is 20.2. The molecule has 104 valence electrons. The fourth-order valence-electron chi connectivity index (χ4n) is 3.30. The van der Waals surface area contributed by atoms with E-state index in [1.807, 2.05) is 6.92 Å². The van der Waals surface area contributed by atoms with E-state index < -0.39 is 11.4 Å². The summed E-state index contributed by atoms with van der Waals surface area (Å²) in [6.45, 7) is 4.15. The van der Waals surface area contributed by atoms with Crippen molar-refractivity contribution in [3.63, 3.8) is 0 Å². The van der Waals surface area contributed by atoms with Gasteiger partial charge in [0.1, 0.15) is 0 Å². The molecule has 1 N–H and O–H groups in total. The molecular weight excluding hydrogens is 236 g/mol. The average Bonchev–Trinajstić information content (AvgIpc) is 2.39. The lowest BCUT2D eigenvalue weighted by molar-refractivity contribution is -0.150. The molecule has 0 saturated carbocycles. The van der Waals surface area contributed by atoms with Gasteiger partial charge in [-0.1, -0.05) is 51.0 Å². The lowest BCUT2D eigenvalue weighted by Gasteiger charge is -2.38. The van der Waals surface area contributed by atoms with Crippen LogP contribution in [0.4, 0.5) is 0 Å². The van der Waals surface area contributed by atoms with E-state index in [9.17, 15) is 9.90 Å². The number of carbonyl (C=O) groups is 1. The minimum absolute atomic E-state index is 0.448. The number of carboxylic acids is 1. The molecule has 0 aliphatic heterocycles. The van der Waals surface area contributed by atoms with Gasteiger partial charge in [0.25, 0.3) is 0 Å². The van der Waals surface area contributed by atoms with Crippen LogP contribution >= 0.6 is 0 Å². The molecule has 1 aliphatic carbocycles. The number of fused-ring (bicyclic) bond motifs is 1. The van der Waals surface area contributed by atoms with Crippen molar-refractivity contribution in [3.05, 3.63) is 35.4 Å². The summed E-state index contributed by atoms with van der Waals surface area (Å²) in [7, 11) is 0. The molecule has 0 aromatic heterocycles. The maximum Gasteiger partial charge on any atom is 0.309 e. The lowest BCUT2D eigenvalue weighted by Crippen LogP contribution is -2.35. The molecule has 0 radical (unpaired) electrons. The summed E-state index contributed by atoms with van der Waals surface area (Å²) in [5.74, 6) is -0.156. The average molecular weight is 260 g/mol. The summed E-state index contributed by atoms with van der Waals surface area (Å²) in [5.41, 5.74) is 2.25. The SMILES string of the molecule is CCCCC(CC)(CC1Cc2ccccc21)C(=O)O. The van der Waals surface area contributed by atoms with Gasteiger partial charge in [-0.25, -0.2) is 0 Å². The zero-order valence-corrected chi connectivity index (χ0v) is 12.0. The molecule has 2 rings (SSSR count). The third-order valence-electron chi connectivity index (χ3n) is 4.74. The van der Waals surface area contributed by atoms with E-state index in [-0.39, 0.29) is 0 Å². The van der Waals surface area contributed by atoms with E-state index in [0.29, 0.717) is 5.92 Å². The van der Waals surface area contributed by atoms with Crippen LogP contribution in [0.3, 0.4) is 0 Å². The third-order valence-corrected chi connectivity index (χ3v) is 4.74. The van der Waals surface area contributed by atoms with Crippen LogP contribution in [0.2, 0.25) is 0 Å². The van der Waals surface area contributed by atoms with Crippen LogP contribution in [-0.4, -0.2) is 11.1 Å². The highest BCUT2D eigenvalue weighted by Crippen LogP contribution is 2.46. The Labute approximate surface area is 115 Å². The highest BCUT2D eigenvalue weighted by Gasteiger charge is 2.41. The fraction of sp³-hybridized carbons (Fsp3) is 0.588. The van der Waals surface area contributed by atoms with Crippen LogP contribution in [0.15, 0.2) is 24.3 Å². The minimum Gasteiger partial charge on any atom is -0.481 e. The zero-order valence-electron chi connectivity index (χ0n) is 12.0. The molecular formula is C17H24O2. The van der Waals surface area contributed by atoms with Crippen molar-refractivity contribution in [2.45, 2.75) is 58.3 Å². The molecule has 0 heterocycles. The Balaban J connectivity index is 2.12. The van der Waals surface area contributed by atoms with Gasteiger partial charge < -0.3 is 5.11 Å². The molecule has 0 bridgehead atoms. The van der Waals surface area contributed by atoms with Gasteiger partial charge >= 0.3 is 5.97 Å². The highest BCUT2D eigenvalue weighted by molar-refractivity contribution is 5.74. The molecule has 2 unspecified atom stereocenters. The van der Waals surface area contributed by atoms with Crippen molar-refractivity contribution < 1.29 is 9.90 Å². The minimum atomic E-state index is -0.604. The van der Waals surface area contributed by atoms with E-state index in [1.54, 1.807) is 0 Å². The first kappa shape index (κ1) is 14.1. The Morgan fingerprint density at radius 3 is 2.68 bits per heavy atom. The second-order valence-electron chi connectivity index (χ2n) is 5.85. The Morgan fingerprint density at radius 1 is 1.37 bits per heavy atom. The Morgan fingerprint density at radius 2 is 2.11 bits per heavy atom. The number of carboxylic acid groups (broad SMARTS) is 1. The number of hydrogen-bond donors (Lipinski definition) is 1. The Hall–Kier alpha value is -1.31. The standard InChI is InChI=1S/C17H24O2/c1-3-5-10-17(4-2,16(18)19)12-14-11-13-8-6-7-9-15(13)14/h6-9,14H,3-5,10-12H2,1-2H3,(H,18,19). The van der Waals surface area contributed by atoms with Gasteiger partial charge in [0.2, 0.25) is 0 Å².